The molecule has 2 rings (SSSR count). The number of phenols is 2. The first-order valence-electron chi connectivity index (χ1n) is 5.48. The fraction of sp³-hybridized carbons (Fsp3) is 0.417. The number of amides is 1. The van der Waals surface area contributed by atoms with Crippen molar-refractivity contribution in [1.82, 2.24) is 4.90 Å². The summed E-state index contributed by atoms with van der Waals surface area (Å²) in [6.45, 7) is 1.31. The van der Waals surface area contributed by atoms with Gasteiger partial charge in [0, 0.05) is 30.6 Å². The van der Waals surface area contributed by atoms with Gasteiger partial charge in [-0.05, 0) is 24.5 Å². The van der Waals surface area contributed by atoms with E-state index in [2.05, 4.69) is 0 Å². The van der Waals surface area contributed by atoms with E-state index in [1.54, 1.807) is 4.90 Å². The normalized spacial score (nSPS) is 19.6. The number of phenolic OH excluding ortho intramolecular Hbond substituents is 2. The molecule has 1 atom stereocenters. The molecular formula is C12H14ClNO3. The van der Waals surface area contributed by atoms with E-state index in [1.807, 2.05) is 0 Å². The molecule has 4 nitrogen and oxygen atoms in total. The number of hydrogen-bond donors (Lipinski definition) is 2. The topological polar surface area (TPSA) is 60.8 Å². The monoisotopic (exact) mass is 255 g/mol. The van der Waals surface area contributed by atoms with Crippen LogP contribution in [-0.2, 0) is 0 Å². The first kappa shape index (κ1) is 12.0. The molecule has 1 aromatic rings. The van der Waals surface area contributed by atoms with Crippen molar-refractivity contribution in [2.75, 3.05) is 19.0 Å². The third kappa shape index (κ3) is 2.64. The minimum absolute atomic E-state index is 0.110. The Morgan fingerprint density at radius 3 is 2.53 bits per heavy atom. The number of aromatic hydroxyl groups is 2. The number of alkyl halides is 1. The summed E-state index contributed by atoms with van der Waals surface area (Å²) in [7, 11) is 0. The zero-order valence-corrected chi connectivity index (χ0v) is 10.0. The highest BCUT2D eigenvalue weighted by Crippen LogP contribution is 2.24. The molecular weight excluding hydrogens is 242 g/mol. The minimum Gasteiger partial charge on any atom is -0.508 e. The molecule has 0 bridgehead atoms. The Balaban J connectivity index is 2.14. The lowest BCUT2D eigenvalue weighted by Gasteiger charge is -2.16. The number of halogens is 1. The van der Waals surface area contributed by atoms with Gasteiger partial charge in [0.2, 0.25) is 0 Å². The van der Waals surface area contributed by atoms with Gasteiger partial charge in [-0.25, -0.2) is 0 Å². The van der Waals surface area contributed by atoms with Gasteiger partial charge in [-0.1, -0.05) is 0 Å². The molecule has 1 aliphatic rings. The predicted octanol–water partition coefficient (Wildman–Crippen LogP) is 1.80. The SMILES string of the molecule is O=C(c1cc(O)cc(O)c1)N1CCC(CCl)C1. The molecule has 1 unspecified atom stereocenters. The van der Waals surface area contributed by atoms with E-state index in [1.165, 1.54) is 18.2 Å². The smallest absolute Gasteiger partial charge is 0.254 e. The summed E-state index contributed by atoms with van der Waals surface area (Å²) in [6.07, 6.45) is 0.903. The van der Waals surface area contributed by atoms with Gasteiger partial charge in [-0.2, -0.15) is 0 Å². The zero-order chi connectivity index (χ0) is 12.4. The first-order chi connectivity index (χ1) is 8.10. The van der Waals surface area contributed by atoms with Gasteiger partial charge in [-0.15, -0.1) is 11.6 Å². The van der Waals surface area contributed by atoms with Gasteiger partial charge in [0.25, 0.3) is 5.91 Å². The van der Waals surface area contributed by atoms with E-state index in [0.717, 1.165) is 6.42 Å². The molecule has 1 heterocycles. The second-order valence-corrected chi connectivity index (χ2v) is 4.61. The lowest BCUT2D eigenvalue weighted by molar-refractivity contribution is 0.0787. The second kappa shape index (κ2) is 4.84. The highest BCUT2D eigenvalue weighted by Gasteiger charge is 2.26. The standard InChI is InChI=1S/C12H14ClNO3/c13-6-8-1-2-14(7-8)12(17)9-3-10(15)5-11(16)4-9/h3-5,8,15-16H,1-2,6-7H2. The Labute approximate surface area is 104 Å². The average molecular weight is 256 g/mol. The summed E-state index contributed by atoms with van der Waals surface area (Å²) < 4.78 is 0. The maximum Gasteiger partial charge on any atom is 0.254 e. The predicted molar refractivity (Wildman–Crippen MR) is 64.5 cm³/mol. The van der Waals surface area contributed by atoms with Crippen molar-refractivity contribution in [1.29, 1.82) is 0 Å². The number of carbonyl (C=O) groups excluding carboxylic acids is 1. The van der Waals surface area contributed by atoms with Crippen molar-refractivity contribution < 1.29 is 15.0 Å². The molecule has 17 heavy (non-hydrogen) atoms. The van der Waals surface area contributed by atoms with Crippen LogP contribution in [0, 0.1) is 5.92 Å². The Morgan fingerprint density at radius 1 is 1.35 bits per heavy atom. The Bertz CT molecular complexity index is 416. The number of hydrogen-bond acceptors (Lipinski definition) is 3. The number of benzene rings is 1. The van der Waals surface area contributed by atoms with Gasteiger partial charge in [0.1, 0.15) is 11.5 Å². The Morgan fingerprint density at radius 2 is 2.00 bits per heavy atom. The highest BCUT2D eigenvalue weighted by molar-refractivity contribution is 6.18. The highest BCUT2D eigenvalue weighted by atomic mass is 35.5. The minimum atomic E-state index is -0.177. The fourth-order valence-electron chi connectivity index (χ4n) is 2.04. The Kier molecular flexibility index (Phi) is 3.43. The molecule has 1 fully saturated rings. The van der Waals surface area contributed by atoms with Gasteiger partial charge in [0.15, 0.2) is 0 Å². The van der Waals surface area contributed by atoms with E-state index in [9.17, 15) is 15.0 Å². The van der Waals surface area contributed by atoms with Crippen molar-refractivity contribution in [2.45, 2.75) is 6.42 Å². The van der Waals surface area contributed by atoms with Gasteiger partial charge < -0.3 is 15.1 Å². The van der Waals surface area contributed by atoms with Crippen LogP contribution < -0.4 is 0 Å². The molecule has 1 aliphatic heterocycles. The van der Waals surface area contributed by atoms with Crippen molar-refractivity contribution in [2.24, 2.45) is 5.92 Å². The summed E-state index contributed by atoms with van der Waals surface area (Å²) in [6, 6.07) is 3.91. The number of likely N-dealkylation sites (tertiary alicyclic amines) is 1. The number of carbonyl (C=O) groups is 1. The summed E-state index contributed by atoms with van der Waals surface area (Å²) in [4.78, 5) is 13.8. The maximum atomic E-state index is 12.1. The fourth-order valence-corrected chi connectivity index (χ4v) is 2.30. The van der Waals surface area contributed by atoms with Crippen molar-refractivity contribution in [3.63, 3.8) is 0 Å². The number of rotatable bonds is 2. The summed E-state index contributed by atoms with van der Waals surface area (Å²) >= 11 is 5.76. The van der Waals surface area contributed by atoms with Gasteiger partial charge in [0.05, 0.1) is 0 Å². The van der Waals surface area contributed by atoms with Crippen LogP contribution in [0.2, 0.25) is 0 Å². The van der Waals surface area contributed by atoms with E-state index >= 15 is 0 Å². The van der Waals surface area contributed by atoms with Crippen LogP contribution in [0.15, 0.2) is 18.2 Å². The molecule has 1 saturated heterocycles. The molecule has 2 N–H and O–H groups in total. The van der Waals surface area contributed by atoms with E-state index in [0.29, 0.717) is 30.5 Å². The van der Waals surface area contributed by atoms with Crippen LogP contribution >= 0.6 is 11.6 Å². The number of nitrogens with zero attached hydrogens (tertiary/aromatic N) is 1. The molecule has 5 heteroatoms. The van der Waals surface area contributed by atoms with Crippen LogP contribution in [0.3, 0.4) is 0 Å². The lowest BCUT2D eigenvalue weighted by Crippen LogP contribution is -2.28. The molecule has 0 aromatic heterocycles. The van der Waals surface area contributed by atoms with Crippen LogP contribution in [0.25, 0.3) is 0 Å². The zero-order valence-electron chi connectivity index (χ0n) is 9.27. The lowest BCUT2D eigenvalue weighted by atomic mass is 10.1. The van der Waals surface area contributed by atoms with E-state index in [4.69, 9.17) is 11.6 Å². The first-order valence-corrected chi connectivity index (χ1v) is 6.02. The third-order valence-electron chi connectivity index (χ3n) is 2.94. The Hall–Kier alpha value is -1.42. The molecule has 0 radical (unpaired) electrons. The molecule has 0 aliphatic carbocycles. The van der Waals surface area contributed by atoms with E-state index < -0.39 is 0 Å². The molecule has 92 valence electrons. The van der Waals surface area contributed by atoms with Crippen molar-refractivity contribution in [3.05, 3.63) is 23.8 Å². The van der Waals surface area contributed by atoms with Crippen LogP contribution in [0.1, 0.15) is 16.8 Å². The van der Waals surface area contributed by atoms with Gasteiger partial charge >= 0.3 is 0 Å². The average Bonchev–Trinajstić information content (AvgIpc) is 2.75. The largest absolute Gasteiger partial charge is 0.508 e. The maximum absolute atomic E-state index is 12.1. The summed E-state index contributed by atoms with van der Waals surface area (Å²) in [5.74, 6) is 0.493. The summed E-state index contributed by atoms with van der Waals surface area (Å²) in [5, 5.41) is 18.7. The molecule has 0 spiro atoms. The van der Waals surface area contributed by atoms with Crippen LogP contribution in [0.5, 0.6) is 11.5 Å². The molecule has 0 saturated carbocycles. The van der Waals surface area contributed by atoms with Gasteiger partial charge in [-0.3, -0.25) is 4.79 Å². The van der Waals surface area contributed by atoms with E-state index in [-0.39, 0.29) is 17.4 Å². The van der Waals surface area contributed by atoms with Crippen LogP contribution in [-0.4, -0.2) is 40.0 Å². The second-order valence-electron chi connectivity index (χ2n) is 4.30. The molecule has 1 aromatic carbocycles. The summed E-state index contributed by atoms with van der Waals surface area (Å²) in [5.41, 5.74) is 0.303. The quantitative estimate of drug-likeness (QED) is 0.793. The van der Waals surface area contributed by atoms with Crippen molar-refractivity contribution >= 4 is 17.5 Å². The third-order valence-corrected chi connectivity index (χ3v) is 3.38. The van der Waals surface area contributed by atoms with Crippen LogP contribution in [0.4, 0.5) is 0 Å². The van der Waals surface area contributed by atoms with Crippen molar-refractivity contribution in [3.8, 4) is 11.5 Å². The molecule has 1 amide bonds.